The number of aromatic nitrogens is 3. The molecule has 1 atom stereocenters. The molecule has 1 fully saturated rings. The normalized spacial score (nSPS) is 19.0. The predicted octanol–water partition coefficient (Wildman–Crippen LogP) is 2.84. The predicted molar refractivity (Wildman–Crippen MR) is 79.3 cm³/mol. The van der Waals surface area contributed by atoms with Crippen molar-refractivity contribution in [3.63, 3.8) is 0 Å². The molecule has 0 spiro atoms. The monoisotopic (exact) mass is 306 g/mol. The molecule has 1 aromatic heterocycles. The lowest BCUT2D eigenvalue weighted by Gasteiger charge is -2.25. The van der Waals surface area contributed by atoms with Gasteiger partial charge in [-0.25, -0.2) is 18.4 Å². The second-order valence-corrected chi connectivity index (χ2v) is 5.87. The summed E-state index contributed by atoms with van der Waals surface area (Å²) in [5, 5.41) is 4.39. The van der Waals surface area contributed by atoms with Gasteiger partial charge in [0, 0.05) is 18.2 Å². The van der Waals surface area contributed by atoms with Crippen LogP contribution in [0.1, 0.15) is 30.1 Å². The van der Waals surface area contributed by atoms with Crippen molar-refractivity contribution in [2.24, 2.45) is 0 Å². The highest BCUT2D eigenvalue weighted by Crippen LogP contribution is 2.23. The van der Waals surface area contributed by atoms with Gasteiger partial charge in [-0.05, 0) is 39.3 Å². The third-order valence-corrected chi connectivity index (χ3v) is 4.25. The summed E-state index contributed by atoms with van der Waals surface area (Å²) in [6, 6.07) is 4.65. The van der Waals surface area contributed by atoms with Gasteiger partial charge >= 0.3 is 0 Å². The summed E-state index contributed by atoms with van der Waals surface area (Å²) in [6.07, 6.45) is 2.10. The molecule has 0 bridgehead atoms. The van der Waals surface area contributed by atoms with Gasteiger partial charge in [-0.1, -0.05) is 12.1 Å². The zero-order chi connectivity index (χ0) is 15.7. The Balaban J connectivity index is 1.73. The molecule has 2 aromatic rings. The standard InChI is InChI=1S/C16H20F2N4/c1-11-19-12(2)22(20-11)10-14-6-4-8-21(14)9-13-5-3-7-15(17)16(13)18/h3,5,7,14H,4,6,8-10H2,1-2H3/t14-/m0/s1. The van der Waals surface area contributed by atoms with Crippen molar-refractivity contribution in [3.8, 4) is 0 Å². The Morgan fingerprint density at radius 2 is 2.09 bits per heavy atom. The van der Waals surface area contributed by atoms with E-state index in [0.29, 0.717) is 12.1 Å². The number of aryl methyl sites for hydroxylation is 2. The molecule has 0 unspecified atom stereocenters. The number of likely N-dealkylation sites (tertiary alicyclic amines) is 1. The van der Waals surface area contributed by atoms with Crippen LogP contribution in [0.4, 0.5) is 8.78 Å². The van der Waals surface area contributed by atoms with E-state index in [2.05, 4.69) is 15.0 Å². The molecule has 1 aromatic carbocycles. The first kappa shape index (κ1) is 15.1. The molecular formula is C16H20F2N4. The summed E-state index contributed by atoms with van der Waals surface area (Å²) in [5.41, 5.74) is 0.415. The van der Waals surface area contributed by atoms with Crippen molar-refractivity contribution < 1.29 is 8.78 Å². The molecular weight excluding hydrogens is 286 g/mol. The highest BCUT2D eigenvalue weighted by Gasteiger charge is 2.26. The average molecular weight is 306 g/mol. The Bertz CT molecular complexity index is 668. The van der Waals surface area contributed by atoms with Crippen LogP contribution in [0.15, 0.2) is 18.2 Å². The number of hydrogen-bond acceptors (Lipinski definition) is 3. The average Bonchev–Trinajstić information content (AvgIpc) is 3.03. The molecule has 0 N–H and O–H groups in total. The molecule has 3 rings (SSSR count). The quantitative estimate of drug-likeness (QED) is 0.871. The van der Waals surface area contributed by atoms with Gasteiger partial charge < -0.3 is 0 Å². The first-order valence-electron chi connectivity index (χ1n) is 7.59. The fourth-order valence-corrected chi connectivity index (χ4v) is 3.13. The van der Waals surface area contributed by atoms with Crippen molar-refractivity contribution in [1.29, 1.82) is 0 Å². The van der Waals surface area contributed by atoms with Crippen molar-refractivity contribution >= 4 is 0 Å². The largest absolute Gasteiger partial charge is 0.294 e. The van der Waals surface area contributed by atoms with Crippen molar-refractivity contribution in [2.45, 2.75) is 45.8 Å². The maximum absolute atomic E-state index is 13.8. The first-order valence-corrected chi connectivity index (χ1v) is 7.59. The van der Waals surface area contributed by atoms with E-state index >= 15 is 0 Å². The van der Waals surface area contributed by atoms with Crippen LogP contribution in [-0.4, -0.2) is 32.3 Å². The van der Waals surface area contributed by atoms with E-state index in [1.165, 1.54) is 0 Å². The van der Waals surface area contributed by atoms with Gasteiger partial charge in [0.2, 0.25) is 0 Å². The van der Waals surface area contributed by atoms with Crippen molar-refractivity contribution in [2.75, 3.05) is 6.54 Å². The smallest absolute Gasteiger partial charge is 0.163 e. The number of rotatable bonds is 4. The SMILES string of the molecule is Cc1nc(C)n(C[C@@H]2CCCN2Cc2cccc(F)c2F)n1. The van der Waals surface area contributed by atoms with Gasteiger partial charge in [0.15, 0.2) is 11.6 Å². The van der Waals surface area contributed by atoms with E-state index in [1.807, 2.05) is 18.5 Å². The highest BCUT2D eigenvalue weighted by molar-refractivity contribution is 5.19. The Morgan fingerprint density at radius 1 is 1.27 bits per heavy atom. The van der Waals surface area contributed by atoms with Crippen LogP contribution in [0.3, 0.4) is 0 Å². The minimum absolute atomic E-state index is 0.280. The number of nitrogens with zero attached hydrogens (tertiary/aromatic N) is 4. The van der Waals surface area contributed by atoms with E-state index in [4.69, 9.17) is 0 Å². The van der Waals surface area contributed by atoms with Crippen LogP contribution in [0, 0.1) is 25.5 Å². The van der Waals surface area contributed by atoms with Crippen LogP contribution in [0.5, 0.6) is 0 Å². The van der Waals surface area contributed by atoms with E-state index in [0.717, 1.165) is 43.6 Å². The summed E-state index contributed by atoms with van der Waals surface area (Å²) < 4.78 is 29.1. The lowest BCUT2D eigenvalue weighted by atomic mass is 10.1. The van der Waals surface area contributed by atoms with Crippen LogP contribution in [0.2, 0.25) is 0 Å². The van der Waals surface area contributed by atoms with Crippen LogP contribution < -0.4 is 0 Å². The number of hydrogen-bond donors (Lipinski definition) is 0. The maximum Gasteiger partial charge on any atom is 0.163 e. The number of halogens is 2. The second-order valence-electron chi connectivity index (χ2n) is 5.87. The zero-order valence-corrected chi connectivity index (χ0v) is 12.9. The third kappa shape index (κ3) is 3.02. The molecule has 0 radical (unpaired) electrons. The topological polar surface area (TPSA) is 34.0 Å². The van der Waals surface area contributed by atoms with Gasteiger partial charge in [0.05, 0.1) is 6.54 Å². The Morgan fingerprint density at radius 3 is 2.82 bits per heavy atom. The van der Waals surface area contributed by atoms with Crippen LogP contribution in [-0.2, 0) is 13.1 Å². The lowest BCUT2D eigenvalue weighted by Crippen LogP contribution is -2.33. The van der Waals surface area contributed by atoms with Gasteiger partial charge in [-0.15, -0.1) is 0 Å². The summed E-state index contributed by atoms with van der Waals surface area (Å²) in [6.45, 7) is 5.88. The summed E-state index contributed by atoms with van der Waals surface area (Å²) in [4.78, 5) is 6.51. The van der Waals surface area contributed by atoms with Crippen LogP contribution in [0.25, 0.3) is 0 Å². The maximum atomic E-state index is 13.8. The molecule has 2 heterocycles. The lowest BCUT2D eigenvalue weighted by molar-refractivity contribution is 0.214. The molecule has 22 heavy (non-hydrogen) atoms. The summed E-state index contributed by atoms with van der Waals surface area (Å²) in [5.74, 6) is 0.136. The summed E-state index contributed by atoms with van der Waals surface area (Å²) >= 11 is 0. The molecule has 0 amide bonds. The van der Waals surface area contributed by atoms with Crippen LogP contribution >= 0.6 is 0 Å². The van der Waals surface area contributed by atoms with E-state index in [1.54, 1.807) is 12.1 Å². The Kier molecular flexibility index (Phi) is 4.20. The van der Waals surface area contributed by atoms with Gasteiger partial charge in [-0.3, -0.25) is 4.90 Å². The molecule has 0 saturated carbocycles. The minimum atomic E-state index is -0.781. The van der Waals surface area contributed by atoms with Gasteiger partial charge in [0.1, 0.15) is 11.6 Å². The molecule has 1 aliphatic heterocycles. The second kappa shape index (κ2) is 6.12. The van der Waals surface area contributed by atoms with E-state index in [-0.39, 0.29) is 6.04 Å². The third-order valence-electron chi connectivity index (χ3n) is 4.25. The Labute approximate surface area is 128 Å². The molecule has 1 saturated heterocycles. The van der Waals surface area contributed by atoms with Crippen molar-refractivity contribution in [1.82, 2.24) is 19.7 Å². The van der Waals surface area contributed by atoms with Crippen molar-refractivity contribution in [3.05, 3.63) is 47.0 Å². The molecule has 118 valence electrons. The molecule has 4 nitrogen and oxygen atoms in total. The molecule has 6 heteroatoms. The molecule has 0 aliphatic carbocycles. The van der Waals surface area contributed by atoms with E-state index < -0.39 is 11.6 Å². The van der Waals surface area contributed by atoms with Gasteiger partial charge in [-0.2, -0.15) is 5.10 Å². The zero-order valence-electron chi connectivity index (χ0n) is 12.9. The Hall–Kier alpha value is -1.82. The highest BCUT2D eigenvalue weighted by atomic mass is 19.2. The summed E-state index contributed by atoms with van der Waals surface area (Å²) in [7, 11) is 0. The number of benzene rings is 1. The van der Waals surface area contributed by atoms with Gasteiger partial charge in [0.25, 0.3) is 0 Å². The minimum Gasteiger partial charge on any atom is -0.294 e. The van der Waals surface area contributed by atoms with E-state index in [9.17, 15) is 8.78 Å². The fraction of sp³-hybridized carbons (Fsp3) is 0.500. The fourth-order valence-electron chi connectivity index (χ4n) is 3.13. The first-order chi connectivity index (χ1) is 10.5. The molecule has 1 aliphatic rings.